The highest BCUT2D eigenvalue weighted by Crippen LogP contribution is 2.42. The Morgan fingerprint density at radius 1 is 0.941 bits per heavy atom. The smallest absolute Gasteiger partial charge is 0.343 e. The standard InChI is InChI=1S/C26H25ClN2O4S/c1-17(2)26(25(30)33-24(28-26)20-7-5-4-6-8-20)23(19-11-13-21(27)14-12-19)29-34(31,32)22-15-9-18(3)10-16-22/h4-17,23,29H,1-3H3/t23?,26-/m1/s1. The lowest BCUT2D eigenvalue weighted by molar-refractivity contribution is -0.141. The Morgan fingerprint density at radius 3 is 2.15 bits per heavy atom. The van der Waals surface area contributed by atoms with Gasteiger partial charge in [-0.15, -0.1) is 0 Å². The van der Waals surface area contributed by atoms with Crippen molar-refractivity contribution in [3.63, 3.8) is 0 Å². The molecule has 4 rings (SSSR count). The van der Waals surface area contributed by atoms with E-state index >= 15 is 0 Å². The Labute approximate surface area is 204 Å². The van der Waals surface area contributed by atoms with Crippen molar-refractivity contribution in [2.45, 2.75) is 37.2 Å². The van der Waals surface area contributed by atoms with Gasteiger partial charge in [0.05, 0.1) is 10.9 Å². The number of halogens is 1. The number of ether oxygens (including phenoxy) is 1. The Morgan fingerprint density at radius 2 is 1.56 bits per heavy atom. The first-order chi connectivity index (χ1) is 16.1. The number of sulfonamides is 1. The number of nitrogens with zero attached hydrogens (tertiary/aromatic N) is 1. The summed E-state index contributed by atoms with van der Waals surface area (Å²) in [7, 11) is -4.01. The lowest BCUT2D eigenvalue weighted by Gasteiger charge is -2.35. The molecule has 0 radical (unpaired) electrons. The van der Waals surface area contributed by atoms with E-state index in [1.54, 1.807) is 48.5 Å². The molecule has 1 N–H and O–H groups in total. The number of cyclic esters (lactones) is 1. The van der Waals surface area contributed by atoms with Crippen LogP contribution in [0.25, 0.3) is 0 Å². The number of aliphatic imine (C=N–C) groups is 1. The molecule has 34 heavy (non-hydrogen) atoms. The summed E-state index contributed by atoms with van der Waals surface area (Å²) in [5.74, 6) is -0.858. The molecule has 3 aromatic carbocycles. The van der Waals surface area contributed by atoms with Gasteiger partial charge in [0, 0.05) is 10.6 Å². The molecule has 0 spiro atoms. The van der Waals surface area contributed by atoms with Crippen LogP contribution in [-0.4, -0.2) is 25.8 Å². The maximum atomic E-state index is 13.5. The quantitative estimate of drug-likeness (QED) is 0.463. The molecule has 0 bridgehead atoms. The van der Waals surface area contributed by atoms with E-state index in [0.29, 0.717) is 16.1 Å². The molecule has 1 aliphatic rings. The lowest BCUT2D eigenvalue weighted by Crippen LogP contribution is -2.52. The van der Waals surface area contributed by atoms with E-state index in [4.69, 9.17) is 21.3 Å². The summed E-state index contributed by atoms with van der Waals surface area (Å²) in [6.45, 7) is 5.52. The molecule has 8 heteroatoms. The van der Waals surface area contributed by atoms with E-state index in [0.717, 1.165) is 5.56 Å². The van der Waals surface area contributed by atoms with Crippen LogP contribution in [-0.2, 0) is 19.6 Å². The molecule has 1 aliphatic heterocycles. The van der Waals surface area contributed by atoms with Crippen LogP contribution in [0.4, 0.5) is 0 Å². The summed E-state index contributed by atoms with van der Waals surface area (Å²) in [5, 5.41) is 0.491. The second-order valence-electron chi connectivity index (χ2n) is 8.57. The van der Waals surface area contributed by atoms with Crippen LogP contribution in [0.1, 0.15) is 36.6 Å². The Bertz CT molecular complexity index is 1320. The van der Waals surface area contributed by atoms with Gasteiger partial charge < -0.3 is 4.74 Å². The minimum absolute atomic E-state index is 0.0922. The Kier molecular flexibility index (Phi) is 6.62. The minimum Gasteiger partial charge on any atom is -0.405 e. The number of aryl methyl sites for hydroxylation is 1. The van der Waals surface area contributed by atoms with Gasteiger partial charge in [0.2, 0.25) is 15.9 Å². The fraction of sp³-hybridized carbons (Fsp3) is 0.231. The molecule has 1 unspecified atom stereocenters. The van der Waals surface area contributed by atoms with Crippen LogP contribution in [0.2, 0.25) is 5.02 Å². The number of hydrogen-bond acceptors (Lipinski definition) is 5. The van der Waals surface area contributed by atoms with Crippen LogP contribution in [0.3, 0.4) is 0 Å². The van der Waals surface area contributed by atoms with E-state index in [-0.39, 0.29) is 10.8 Å². The van der Waals surface area contributed by atoms with Crippen LogP contribution in [0.15, 0.2) is 88.8 Å². The summed E-state index contributed by atoms with van der Waals surface area (Å²) in [5.41, 5.74) is 0.582. The number of carbonyl (C=O) groups excluding carboxylic acids is 1. The number of esters is 1. The van der Waals surface area contributed by atoms with Gasteiger partial charge in [-0.1, -0.05) is 73.5 Å². The van der Waals surface area contributed by atoms with Crippen molar-refractivity contribution in [2.75, 3.05) is 0 Å². The first-order valence-electron chi connectivity index (χ1n) is 10.9. The molecule has 2 atom stereocenters. The first-order valence-corrected chi connectivity index (χ1v) is 12.7. The zero-order valence-electron chi connectivity index (χ0n) is 19.0. The van der Waals surface area contributed by atoms with Crippen LogP contribution < -0.4 is 4.72 Å². The van der Waals surface area contributed by atoms with E-state index in [1.807, 2.05) is 39.0 Å². The fourth-order valence-electron chi connectivity index (χ4n) is 4.00. The topological polar surface area (TPSA) is 84.8 Å². The molecular weight excluding hydrogens is 472 g/mol. The van der Waals surface area contributed by atoms with Gasteiger partial charge in [-0.25, -0.2) is 22.9 Å². The van der Waals surface area contributed by atoms with E-state index in [9.17, 15) is 13.2 Å². The zero-order chi connectivity index (χ0) is 24.5. The predicted molar refractivity (Wildman–Crippen MR) is 132 cm³/mol. The third-order valence-corrected chi connectivity index (χ3v) is 7.64. The van der Waals surface area contributed by atoms with E-state index < -0.39 is 33.5 Å². The highest BCUT2D eigenvalue weighted by molar-refractivity contribution is 7.89. The average molecular weight is 497 g/mol. The molecular formula is C26H25ClN2O4S. The molecule has 0 saturated heterocycles. The van der Waals surface area contributed by atoms with E-state index in [2.05, 4.69) is 4.72 Å². The zero-order valence-corrected chi connectivity index (χ0v) is 20.6. The molecule has 0 amide bonds. The van der Waals surface area contributed by atoms with Crippen molar-refractivity contribution in [3.8, 4) is 0 Å². The Balaban J connectivity index is 1.87. The largest absolute Gasteiger partial charge is 0.405 e. The second kappa shape index (κ2) is 9.33. The van der Waals surface area contributed by atoms with E-state index in [1.165, 1.54) is 12.1 Å². The first kappa shape index (κ1) is 24.1. The molecule has 0 aromatic heterocycles. The van der Waals surface area contributed by atoms with Gasteiger partial charge in [-0.3, -0.25) is 0 Å². The van der Waals surface area contributed by atoms with Crippen LogP contribution in [0, 0.1) is 12.8 Å². The number of benzene rings is 3. The monoisotopic (exact) mass is 496 g/mol. The molecule has 176 valence electrons. The maximum Gasteiger partial charge on any atom is 0.343 e. The molecule has 1 heterocycles. The highest BCUT2D eigenvalue weighted by atomic mass is 35.5. The van der Waals surface area contributed by atoms with Crippen molar-refractivity contribution in [3.05, 3.63) is 101 Å². The summed E-state index contributed by atoms with van der Waals surface area (Å²) in [6.07, 6.45) is 0. The van der Waals surface area contributed by atoms with Gasteiger partial charge in [-0.2, -0.15) is 0 Å². The summed E-state index contributed by atoms with van der Waals surface area (Å²) >= 11 is 6.09. The number of nitrogens with one attached hydrogen (secondary N) is 1. The fourth-order valence-corrected chi connectivity index (χ4v) is 5.38. The maximum absolute atomic E-state index is 13.5. The van der Waals surface area contributed by atoms with Gasteiger partial charge >= 0.3 is 5.97 Å². The lowest BCUT2D eigenvalue weighted by atomic mass is 9.78. The van der Waals surface area contributed by atoms with Crippen molar-refractivity contribution in [2.24, 2.45) is 10.9 Å². The molecule has 0 fully saturated rings. The SMILES string of the molecule is Cc1ccc(S(=O)(=O)NC(c2ccc(Cl)cc2)[C@@]2(C(C)C)N=C(c3ccccc3)OC2=O)cc1. The summed E-state index contributed by atoms with van der Waals surface area (Å²) in [6, 6.07) is 21.2. The number of hydrogen-bond donors (Lipinski definition) is 1. The van der Waals surface area contributed by atoms with Crippen molar-refractivity contribution < 1.29 is 17.9 Å². The summed E-state index contributed by atoms with van der Waals surface area (Å²) in [4.78, 5) is 18.3. The normalized spacial score (nSPS) is 19.1. The predicted octanol–water partition coefficient (Wildman–Crippen LogP) is 5.07. The van der Waals surface area contributed by atoms with Gasteiger partial charge in [-0.05, 0) is 54.8 Å². The third kappa shape index (κ3) is 4.51. The van der Waals surface area contributed by atoms with Crippen LogP contribution in [0.5, 0.6) is 0 Å². The highest BCUT2D eigenvalue weighted by Gasteiger charge is 2.56. The minimum atomic E-state index is -4.01. The molecule has 3 aromatic rings. The second-order valence-corrected chi connectivity index (χ2v) is 10.7. The third-order valence-electron chi connectivity index (χ3n) is 5.95. The average Bonchev–Trinajstić information content (AvgIpc) is 3.17. The molecule has 0 saturated carbocycles. The van der Waals surface area contributed by atoms with Gasteiger partial charge in [0.15, 0.2) is 5.54 Å². The number of carbonyl (C=O) groups is 1. The van der Waals surface area contributed by atoms with Crippen molar-refractivity contribution in [1.82, 2.24) is 4.72 Å². The molecule has 0 aliphatic carbocycles. The van der Waals surface area contributed by atoms with Crippen LogP contribution >= 0.6 is 11.6 Å². The van der Waals surface area contributed by atoms with Gasteiger partial charge in [0.25, 0.3) is 0 Å². The molecule has 6 nitrogen and oxygen atoms in total. The summed E-state index contributed by atoms with van der Waals surface area (Å²) < 4.78 is 35.3. The number of rotatable bonds is 7. The van der Waals surface area contributed by atoms with Crippen molar-refractivity contribution >= 4 is 33.5 Å². The van der Waals surface area contributed by atoms with Gasteiger partial charge in [0.1, 0.15) is 0 Å². The Hall–Kier alpha value is -3.00. The van der Waals surface area contributed by atoms with Crippen molar-refractivity contribution in [1.29, 1.82) is 0 Å².